The highest BCUT2D eigenvalue weighted by Crippen LogP contribution is 2.24. The fourth-order valence-corrected chi connectivity index (χ4v) is 2.60. The van der Waals surface area contributed by atoms with Crippen LogP contribution in [-0.4, -0.2) is 45.7 Å². The van der Waals surface area contributed by atoms with Crippen molar-refractivity contribution in [2.24, 2.45) is 5.92 Å². The van der Waals surface area contributed by atoms with Crippen LogP contribution in [-0.2, 0) is 5.41 Å². The first-order chi connectivity index (χ1) is 11.8. The second kappa shape index (κ2) is 6.62. The zero-order valence-corrected chi connectivity index (χ0v) is 14.6. The van der Waals surface area contributed by atoms with Crippen LogP contribution in [0.2, 0.25) is 0 Å². The molecule has 0 unspecified atom stereocenters. The van der Waals surface area contributed by atoms with Gasteiger partial charge in [-0.15, -0.1) is 5.10 Å². The molecule has 1 saturated heterocycles. The van der Waals surface area contributed by atoms with Crippen molar-refractivity contribution in [3.8, 4) is 0 Å². The first-order valence-electron chi connectivity index (χ1n) is 8.25. The molecule has 8 nitrogen and oxygen atoms in total. The highest BCUT2D eigenvalue weighted by molar-refractivity contribution is 5.92. The van der Waals surface area contributed by atoms with Gasteiger partial charge >= 0.3 is 0 Å². The number of rotatable bonds is 4. The molecular weight excluding hydrogens is 320 g/mol. The maximum atomic E-state index is 12.0. The smallest absolute Gasteiger partial charge is 0.270 e. The zero-order chi connectivity index (χ0) is 18.0. The average molecular weight is 342 g/mol. The summed E-state index contributed by atoms with van der Waals surface area (Å²) in [4.78, 5) is 31.5. The predicted molar refractivity (Wildman–Crippen MR) is 93.6 cm³/mol. The van der Waals surface area contributed by atoms with Crippen LogP contribution in [0.15, 0.2) is 29.3 Å². The summed E-state index contributed by atoms with van der Waals surface area (Å²) < 4.78 is 0. The number of nitrogens with zero attached hydrogens (tertiary/aromatic N) is 4. The minimum atomic E-state index is -0.341. The van der Waals surface area contributed by atoms with Gasteiger partial charge < -0.3 is 15.2 Å². The Morgan fingerprint density at radius 2 is 2.08 bits per heavy atom. The topological polar surface area (TPSA) is 104 Å². The quantitative estimate of drug-likeness (QED) is 0.849. The Hall–Kier alpha value is -2.77. The first kappa shape index (κ1) is 17.1. The molecule has 1 aliphatic rings. The number of carbonyl (C=O) groups excluding carboxylic acids is 1. The molecule has 0 saturated carbocycles. The van der Waals surface area contributed by atoms with E-state index in [1.54, 1.807) is 0 Å². The van der Waals surface area contributed by atoms with Crippen LogP contribution in [0.1, 0.15) is 37.0 Å². The Kier molecular flexibility index (Phi) is 4.52. The average Bonchev–Trinajstić information content (AvgIpc) is 2.52. The number of carbonyl (C=O) groups is 1. The van der Waals surface area contributed by atoms with E-state index >= 15 is 0 Å². The third-order valence-electron chi connectivity index (χ3n) is 4.16. The largest absolute Gasteiger partial charge is 0.354 e. The molecule has 2 N–H and O–H groups in total. The van der Waals surface area contributed by atoms with Crippen molar-refractivity contribution in [1.82, 2.24) is 25.5 Å². The molecule has 1 aliphatic heterocycles. The van der Waals surface area contributed by atoms with E-state index in [0.29, 0.717) is 12.5 Å². The Morgan fingerprint density at radius 3 is 2.68 bits per heavy atom. The number of nitrogens with one attached hydrogen (secondary N) is 2. The third-order valence-corrected chi connectivity index (χ3v) is 4.16. The molecule has 2 aromatic heterocycles. The Bertz CT molecular complexity index is 803. The molecule has 3 heterocycles. The van der Waals surface area contributed by atoms with Crippen LogP contribution < -0.4 is 15.8 Å². The van der Waals surface area contributed by atoms with Crippen LogP contribution in [0.4, 0.5) is 5.82 Å². The molecule has 1 fully saturated rings. The number of aromatic amines is 1. The summed E-state index contributed by atoms with van der Waals surface area (Å²) in [7, 11) is 0. The van der Waals surface area contributed by atoms with Crippen molar-refractivity contribution in [3.63, 3.8) is 0 Å². The van der Waals surface area contributed by atoms with E-state index in [9.17, 15) is 9.59 Å². The van der Waals surface area contributed by atoms with Crippen LogP contribution in [0.3, 0.4) is 0 Å². The van der Waals surface area contributed by atoms with Crippen LogP contribution in [0.5, 0.6) is 0 Å². The van der Waals surface area contributed by atoms with Crippen molar-refractivity contribution >= 4 is 11.7 Å². The molecular formula is C17H22N6O2. The second-order valence-electron chi connectivity index (χ2n) is 7.30. The van der Waals surface area contributed by atoms with E-state index in [1.165, 1.54) is 12.4 Å². The van der Waals surface area contributed by atoms with Gasteiger partial charge in [0.05, 0.1) is 12.0 Å². The van der Waals surface area contributed by atoms with Gasteiger partial charge in [0.25, 0.3) is 11.5 Å². The molecule has 0 radical (unpaired) electrons. The summed E-state index contributed by atoms with van der Waals surface area (Å²) in [6.07, 6.45) is 1.22. The van der Waals surface area contributed by atoms with E-state index in [0.717, 1.165) is 24.6 Å². The molecule has 1 amide bonds. The summed E-state index contributed by atoms with van der Waals surface area (Å²) >= 11 is 0. The zero-order valence-electron chi connectivity index (χ0n) is 14.6. The van der Waals surface area contributed by atoms with E-state index < -0.39 is 0 Å². The lowest BCUT2D eigenvalue weighted by molar-refractivity contribution is 0.0939. The van der Waals surface area contributed by atoms with Crippen molar-refractivity contribution in [2.45, 2.75) is 26.2 Å². The number of hydrogen-bond acceptors (Lipinski definition) is 6. The van der Waals surface area contributed by atoms with Crippen molar-refractivity contribution < 1.29 is 4.79 Å². The molecule has 25 heavy (non-hydrogen) atoms. The first-order valence-corrected chi connectivity index (χ1v) is 8.25. The molecule has 0 bridgehead atoms. The van der Waals surface area contributed by atoms with Crippen LogP contribution in [0, 0.1) is 5.92 Å². The Labute approximate surface area is 145 Å². The number of anilines is 1. The van der Waals surface area contributed by atoms with Crippen LogP contribution in [0.25, 0.3) is 0 Å². The number of H-pyrrole nitrogens is 1. The normalized spacial score (nSPS) is 14.9. The molecule has 8 heteroatoms. The highest BCUT2D eigenvalue weighted by atomic mass is 16.2. The highest BCUT2D eigenvalue weighted by Gasteiger charge is 2.29. The van der Waals surface area contributed by atoms with Gasteiger partial charge in [-0.25, -0.2) is 4.98 Å². The summed E-state index contributed by atoms with van der Waals surface area (Å²) in [5.41, 5.74) is 0.738. The van der Waals surface area contributed by atoms with Gasteiger partial charge in [0.2, 0.25) is 0 Å². The van der Waals surface area contributed by atoms with Gasteiger partial charge in [0.1, 0.15) is 5.69 Å². The van der Waals surface area contributed by atoms with Crippen molar-refractivity contribution in [1.29, 1.82) is 0 Å². The second-order valence-corrected chi connectivity index (χ2v) is 7.30. The number of aromatic nitrogens is 4. The van der Waals surface area contributed by atoms with Gasteiger partial charge in [-0.1, -0.05) is 20.8 Å². The lowest BCUT2D eigenvalue weighted by Gasteiger charge is -2.40. The van der Waals surface area contributed by atoms with Gasteiger partial charge in [-0.05, 0) is 12.1 Å². The molecule has 0 spiro atoms. The van der Waals surface area contributed by atoms with Crippen LogP contribution >= 0.6 is 0 Å². The minimum absolute atomic E-state index is 0.0134. The number of amides is 1. The summed E-state index contributed by atoms with van der Waals surface area (Å²) in [6.45, 7) is 8.48. The maximum absolute atomic E-state index is 12.0. The summed E-state index contributed by atoms with van der Waals surface area (Å²) in [5, 5.41) is 11.4. The summed E-state index contributed by atoms with van der Waals surface area (Å²) in [6, 6.07) is 5.19. The van der Waals surface area contributed by atoms with Crippen molar-refractivity contribution in [3.05, 3.63) is 46.3 Å². The molecule has 0 aliphatic carbocycles. The summed E-state index contributed by atoms with van der Waals surface area (Å²) in [5.74, 6) is 0.862. The van der Waals surface area contributed by atoms with Gasteiger partial charge in [0.15, 0.2) is 5.82 Å². The Morgan fingerprint density at radius 1 is 1.32 bits per heavy atom. The molecule has 132 valence electrons. The SMILES string of the molecule is CC(C)(C)c1ccc(N2CC(CNC(=O)c3cc(=O)[nH]cn3)C2)nn1. The van der Waals surface area contributed by atoms with Crippen molar-refractivity contribution in [2.75, 3.05) is 24.5 Å². The fraction of sp³-hybridized carbons (Fsp3) is 0.471. The van der Waals surface area contributed by atoms with Gasteiger partial charge in [-0.3, -0.25) is 9.59 Å². The predicted octanol–water partition coefficient (Wildman–Crippen LogP) is 0.724. The Balaban J connectivity index is 1.48. The standard InChI is InChI=1S/C17H22N6O2/c1-17(2,3)13-4-5-14(22-21-13)23-8-11(9-23)7-18-16(25)12-6-15(24)20-10-19-12/h4-6,10-11H,7-9H2,1-3H3,(H,18,25)(H,19,20,24). The van der Waals surface area contributed by atoms with E-state index in [-0.39, 0.29) is 22.6 Å². The number of hydrogen-bond donors (Lipinski definition) is 2. The minimum Gasteiger partial charge on any atom is -0.354 e. The van der Waals surface area contributed by atoms with Gasteiger partial charge in [0, 0.05) is 37.0 Å². The monoisotopic (exact) mass is 342 g/mol. The molecule has 3 rings (SSSR count). The van der Waals surface area contributed by atoms with E-state index in [1.807, 2.05) is 12.1 Å². The lowest BCUT2D eigenvalue weighted by Crippen LogP contribution is -2.52. The molecule has 0 aromatic carbocycles. The van der Waals surface area contributed by atoms with E-state index in [2.05, 4.69) is 51.2 Å². The van der Waals surface area contributed by atoms with E-state index in [4.69, 9.17) is 0 Å². The fourth-order valence-electron chi connectivity index (χ4n) is 2.60. The molecule has 0 atom stereocenters. The van der Waals surface area contributed by atoms with Gasteiger partial charge in [-0.2, -0.15) is 5.10 Å². The lowest BCUT2D eigenvalue weighted by atomic mass is 9.92. The molecule has 2 aromatic rings. The maximum Gasteiger partial charge on any atom is 0.270 e. The third kappa shape index (κ3) is 4.01.